The molecule has 0 saturated heterocycles. The van der Waals surface area contributed by atoms with Gasteiger partial charge in [-0.05, 0) is 44.9 Å². The molecular weight excluding hydrogens is 376 g/mol. The number of nitrogens with zero attached hydrogens (tertiary/aromatic N) is 2. The summed E-state index contributed by atoms with van der Waals surface area (Å²) in [5, 5.41) is 12.4. The number of hydrogen-bond donors (Lipinski definition) is 3. The molecule has 1 aromatic rings. The Morgan fingerprint density at radius 2 is 1.62 bits per heavy atom. The third-order valence-electron chi connectivity index (χ3n) is 6.61. The standard InChI is InChI=1S/C20H30N4O5/c1-3-10-23-14(21)13(15(25)24(11-4-2)18(23)29)22-16(26)19-6-5-7-20(12-19,9-8-19)17(27)28/h3-12,21H2,1-2H3,(H,22,26)(H,27,28). The Morgan fingerprint density at radius 3 is 2.24 bits per heavy atom. The number of amides is 1. The Bertz CT molecular complexity index is 949. The molecule has 1 aromatic heterocycles. The van der Waals surface area contributed by atoms with E-state index in [0.717, 1.165) is 4.57 Å². The minimum absolute atomic E-state index is 0.0442. The molecule has 0 aromatic carbocycles. The number of carbonyl (C=O) groups excluding carboxylic acids is 1. The van der Waals surface area contributed by atoms with Crippen LogP contribution < -0.4 is 22.3 Å². The number of anilines is 2. The van der Waals surface area contributed by atoms with Crippen LogP contribution in [0.5, 0.6) is 0 Å². The molecule has 160 valence electrons. The molecule has 2 aliphatic carbocycles. The Balaban J connectivity index is 2.00. The van der Waals surface area contributed by atoms with Gasteiger partial charge in [0.25, 0.3) is 5.56 Å². The van der Waals surface area contributed by atoms with Gasteiger partial charge in [0, 0.05) is 13.1 Å². The van der Waals surface area contributed by atoms with E-state index in [1.54, 1.807) is 0 Å². The van der Waals surface area contributed by atoms with Gasteiger partial charge in [-0.3, -0.25) is 23.5 Å². The van der Waals surface area contributed by atoms with E-state index in [1.165, 1.54) is 4.57 Å². The molecule has 9 nitrogen and oxygen atoms in total. The van der Waals surface area contributed by atoms with Crippen molar-refractivity contribution in [1.82, 2.24) is 9.13 Å². The second-order valence-electron chi connectivity index (χ2n) is 8.50. The van der Waals surface area contributed by atoms with Gasteiger partial charge < -0.3 is 16.2 Å². The minimum atomic E-state index is -0.857. The monoisotopic (exact) mass is 406 g/mol. The average molecular weight is 406 g/mol. The highest BCUT2D eigenvalue weighted by atomic mass is 16.4. The van der Waals surface area contributed by atoms with Gasteiger partial charge in [-0.15, -0.1) is 0 Å². The lowest BCUT2D eigenvalue weighted by molar-refractivity contribution is -0.151. The molecule has 1 amide bonds. The SMILES string of the molecule is CCCn1c(N)c(NC(=O)C23CCCC(C(=O)O)(CC2)C3)c(=O)n(CCC)c1=O. The second kappa shape index (κ2) is 7.68. The molecule has 3 rings (SSSR count). The molecule has 2 aliphatic rings. The Morgan fingerprint density at radius 1 is 1.03 bits per heavy atom. The molecule has 0 spiro atoms. The molecule has 0 radical (unpaired) electrons. The quantitative estimate of drug-likeness (QED) is 0.631. The minimum Gasteiger partial charge on any atom is -0.481 e. The number of aromatic nitrogens is 2. The molecule has 29 heavy (non-hydrogen) atoms. The molecule has 2 fully saturated rings. The summed E-state index contributed by atoms with van der Waals surface area (Å²) < 4.78 is 2.43. The highest BCUT2D eigenvalue weighted by Gasteiger charge is 2.58. The van der Waals surface area contributed by atoms with E-state index in [-0.39, 0.29) is 30.4 Å². The normalized spacial score (nSPS) is 25.7. The number of hydrogen-bond acceptors (Lipinski definition) is 5. The van der Waals surface area contributed by atoms with Crippen molar-refractivity contribution in [1.29, 1.82) is 0 Å². The number of carboxylic acids is 1. The number of fused-ring (bicyclic) bond motifs is 2. The number of carbonyl (C=O) groups is 2. The van der Waals surface area contributed by atoms with Gasteiger partial charge >= 0.3 is 11.7 Å². The smallest absolute Gasteiger partial charge is 0.332 e. The van der Waals surface area contributed by atoms with Crippen LogP contribution in [0.2, 0.25) is 0 Å². The Hall–Kier alpha value is -2.58. The van der Waals surface area contributed by atoms with E-state index in [4.69, 9.17) is 5.73 Å². The topological polar surface area (TPSA) is 136 Å². The second-order valence-corrected chi connectivity index (χ2v) is 8.50. The van der Waals surface area contributed by atoms with E-state index >= 15 is 0 Å². The summed E-state index contributed by atoms with van der Waals surface area (Å²) in [6, 6.07) is 0. The maximum atomic E-state index is 13.2. The van der Waals surface area contributed by atoms with Crippen molar-refractivity contribution in [3.63, 3.8) is 0 Å². The van der Waals surface area contributed by atoms with E-state index < -0.39 is 28.0 Å². The van der Waals surface area contributed by atoms with Crippen LogP contribution in [-0.2, 0) is 22.7 Å². The number of nitrogens with two attached hydrogens (primary N) is 1. The van der Waals surface area contributed by atoms with Crippen molar-refractivity contribution in [3.05, 3.63) is 20.8 Å². The van der Waals surface area contributed by atoms with Crippen molar-refractivity contribution >= 4 is 23.4 Å². The fourth-order valence-electron chi connectivity index (χ4n) is 5.03. The van der Waals surface area contributed by atoms with Crippen LogP contribution in [0.1, 0.15) is 65.2 Å². The van der Waals surface area contributed by atoms with Crippen molar-refractivity contribution in [2.24, 2.45) is 10.8 Å². The van der Waals surface area contributed by atoms with Crippen LogP contribution in [0.3, 0.4) is 0 Å². The van der Waals surface area contributed by atoms with Gasteiger partial charge in [0.05, 0.1) is 10.8 Å². The van der Waals surface area contributed by atoms with Crippen LogP contribution in [0.15, 0.2) is 9.59 Å². The zero-order chi connectivity index (χ0) is 21.4. The lowest BCUT2D eigenvalue weighted by Gasteiger charge is -2.36. The molecule has 0 aliphatic heterocycles. The van der Waals surface area contributed by atoms with Gasteiger partial charge in [0.2, 0.25) is 5.91 Å². The molecular formula is C20H30N4O5. The summed E-state index contributed by atoms with van der Waals surface area (Å²) in [5.41, 5.74) is 3.30. The first kappa shape index (κ1) is 21.1. The average Bonchev–Trinajstić information content (AvgIpc) is 2.98. The number of carboxylic acid groups (broad SMARTS) is 1. The molecule has 2 atom stereocenters. The number of rotatable bonds is 7. The molecule has 1 heterocycles. The van der Waals surface area contributed by atoms with Crippen molar-refractivity contribution in [2.75, 3.05) is 11.1 Å². The fourth-order valence-corrected chi connectivity index (χ4v) is 5.03. The molecule has 4 N–H and O–H groups in total. The maximum Gasteiger partial charge on any atom is 0.332 e. The first-order valence-corrected chi connectivity index (χ1v) is 10.4. The maximum absolute atomic E-state index is 13.2. The number of nitrogens with one attached hydrogen (secondary N) is 1. The van der Waals surface area contributed by atoms with Crippen molar-refractivity contribution < 1.29 is 14.7 Å². The molecule has 2 saturated carbocycles. The largest absolute Gasteiger partial charge is 0.481 e. The molecule has 2 unspecified atom stereocenters. The lowest BCUT2D eigenvalue weighted by atomic mass is 9.68. The van der Waals surface area contributed by atoms with Gasteiger partial charge in [0.15, 0.2) is 0 Å². The van der Waals surface area contributed by atoms with Crippen molar-refractivity contribution in [3.8, 4) is 0 Å². The van der Waals surface area contributed by atoms with E-state index in [0.29, 0.717) is 51.5 Å². The summed E-state index contributed by atoms with van der Waals surface area (Å²) in [7, 11) is 0. The highest BCUT2D eigenvalue weighted by molar-refractivity contribution is 5.98. The lowest BCUT2D eigenvalue weighted by Crippen LogP contribution is -2.45. The van der Waals surface area contributed by atoms with E-state index in [1.807, 2.05) is 13.8 Å². The Kier molecular flexibility index (Phi) is 5.60. The number of nitrogen functional groups attached to an aromatic ring is 1. The molecule has 9 heteroatoms. The molecule has 2 bridgehead atoms. The van der Waals surface area contributed by atoms with Gasteiger partial charge in [-0.25, -0.2) is 4.79 Å². The fraction of sp³-hybridized carbons (Fsp3) is 0.700. The van der Waals surface area contributed by atoms with Crippen LogP contribution >= 0.6 is 0 Å². The van der Waals surface area contributed by atoms with Gasteiger partial charge in [-0.2, -0.15) is 0 Å². The zero-order valence-corrected chi connectivity index (χ0v) is 17.1. The zero-order valence-electron chi connectivity index (χ0n) is 17.1. The predicted molar refractivity (Wildman–Crippen MR) is 109 cm³/mol. The summed E-state index contributed by atoms with van der Waals surface area (Å²) in [5.74, 6) is -1.26. The van der Waals surface area contributed by atoms with E-state index in [9.17, 15) is 24.3 Å². The highest BCUT2D eigenvalue weighted by Crippen LogP contribution is 2.59. The summed E-state index contributed by atoms with van der Waals surface area (Å²) in [6.45, 7) is 4.32. The predicted octanol–water partition coefficient (Wildman–Crippen LogP) is 1.78. The first-order valence-electron chi connectivity index (χ1n) is 10.4. The third-order valence-corrected chi connectivity index (χ3v) is 6.61. The van der Waals surface area contributed by atoms with Crippen LogP contribution in [0, 0.1) is 10.8 Å². The third kappa shape index (κ3) is 3.36. The van der Waals surface area contributed by atoms with Crippen molar-refractivity contribution in [2.45, 2.75) is 78.3 Å². The first-order chi connectivity index (χ1) is 13.7. The summed E-state index contributed by atoms with van der Waals surface area (Å²) in [4.78, 5) is 50.6. The van der Waals surface area contributed by atoms with Gasteiger partial charge in [0.1, 0.15) is 11.5 Å². The van der Waals surface area contributed by atoms with Crippen LogP contribution in [0.25, 0.3) is 0 Å². The summed E-state index contributed by atoms with van der Waals surface area (Å²) in [6.07, 6.45) is 4.26. The summed E-state index contributed by atoms with van der Waals surface area (Å²) >= 11 is 0. The van der Waals surface area contributed by atoms with E-state index in [2.05, 4.69) is 5.32 Å². The van der Waals surface area contributed by atoms with Gasteiger partial charge in [-0.1, -0.05) is 20.3 Å². The van der Waals surface area contributed by atoms with Crippen LogP contribution in [0.4, 0.5) is 11.5 Å². The number of aliphatic carboxylic acids is 1. The van der Waals surface area contributed by atoms with Crippen LogP contribution in [-0.4, -0.2) is 26.1 Å². The Labute approximate surface area is 168 Å².